The molecule has 2 aromatic heterocycles. The highest BCUT2D eigenvalue weighted by molar-refractivity contribution is 6.12. The van der Waals surface area contributed by atoms with Gasteiger partial charge < -0.3 is 4.42 Å². The molecule has 0 amide bonds. The second-order valence-corrected chi connectivity index (χ2v) is 15.6. The van der Waals surface area contributed by atoms with Crippen molar-refractivity contribution in [3.05, 3.63) is 218 Å². The van der Waals surface area contributed by atoms with E-state index in [0.717, 1.165) is 88.7 Å². The molecule has 61 heavy (non-hydrogen) atoms. The van der Waals surface area contributed by atoms with Gasteiger partial charge in [0.25, 0.3) is 0 Å². The summed E-state index contributed by atoms with van der Waals surface area (Å²) in [5.41, 5.74) is 16.5. The van der Waals surface area contributed by atoms with Crippen molar-refractivity contribution in [1.82, 2.24) is 15.0 Å². The molecule has 4 nitrogen and oxygen atoms in total. The fourth-order valence-corrected chi connectivity index (χ4v) is 9.14. The third kappa shape index (κ3) is 5.80. The van der Waals surface area contributed by atoms with E-state index in [9.17, 15) is 0 Å². The van der Waals surface area contributed by atoms with E-state index in [4.69, 9.17) is 25.9 Å². The van der Waals surface area contributed by atoms with Crippen molar-refractivity contribution in [3.8, 4) is 78.7 Å². The van der Waals surface area contributed by atoms with Crippen LogP contribution in [0.4, 0.5) is 0 Å². The lowest BCUT2D eigenvalue weighted by molar-refractivity contribution is 0.669. The van der Waals surface area contributed by atoms with E-state index < -0.39 is 0 Å². The maximum atomic E-state index is 6.38. The van der Waals surface area contributed by atoms with Crippen LogP contribution in [0.15, 0.2) is 211 Å². The molecule has 0 aliphatic heterocycles. The average molecular weight is 778 g/mol. The van der Waals surface area contributed by atoms with Crippen LogP contribution in [-0.2, 0) is 0 Å². The van der Waals surface area contributed by atoms with Gasteiger partial charge in [0.1, 0.15) is 11.2 Å². The standard InChI is InChI=1S/C57H35N3O/c1-35-49-33-38-20-8-9-21-39(38)34-50(49)45-26-14-25-44(53(35)45)43-22-10-11-23-46(43)56-58-55(59-57(60-56)48-27-15-29-52-54(48)47-24-12-13-28-51(47)61-52)42-31-40(36-16-4-2-5-17-36)30-41(32-42)37-18-6-3-7-19-37/h2-34H,1H2. The lowest BCUT2D eigenvalue weighted by Crippen LogP contribution is -2.02. The first-order valence-corrected chi connectivity index (χ1v) is 20.5. The zero-order chi connectivity index (χ0) is 40.4. The summed E-state index contributed by atoms with van der Waals surface area (Å²) in [5, 5.41) is 4.40. The Morgan fingerprint density at radius 1 is 0.328 bits per heavy atom. The van der Waals surface area contributed by atoms with Crippen molar-refractivity contribution < 1.29 is 4.42 Å². The summed E-state index contributed by atoms with van der Waals surface area (Å²) in [6, 6.07) is 70.0. The summed E-state index contributed by atoms with van der Waals surface area (Å²) in [5.74, 6) is 1.73. The van der Waals surface area contributed by atoms with Gasteiger partial charge in [-0.3, -0.25) is 0 Å². The van der Waals surface area contributed by atoms with Crippen LogP contribution in [0.2, 0.25) is 0 Å². The Labute approximate surface area is 352 Å². The highest BCUT2D eigenvalue weighted by Crippen LogP contribution is 2.50. The van der Waals surface area contributed by atoms with E-state index in [0.29, 0.717) is 17.5 Å². The highest BCUT2D eigenvalue weighted by atomic mass is 16.3. The molecule has 0 unspecified atom stereocenters. The molecule has 1 aliphatic carbocycles. The Morgan fingerprint density at radius 3 is 1.54 bits per heavy atom. The van der Waals surface area contributed by atoms with Crippen LogP contribution in [-0.4, -0.2) is 15.0 Å². The van der Waals surface area contributed by atoms with Gasteiger partial charge in [-0.2, -0.15) is 0 Å². The third-order valence-electron chi connectivity index (χ3n) is 12.0. The molecule has 11 aromatic rings. The molecule has 1 aliphatic rings. The fourth-order valence-electron chi connectivity index (χ4n) is 9.14. The zero-order valence-electron chi connectivity index (χ0n) is 33.0. The smallest absolute Gasteiger partial charge is 0.164 e. The molecule has 0 spiro atoms. The third-order valence-corrected chi connectivity index (χ3v) is 12.0. The number of hydrogen-bond donors (Lipinski definition) is 0. The molecule has 0 radical (unpaired) electrons. The summed E-state index contributed by atoms with van der Waals surface area (Å²) in [4.78, 5) is 16.1. The normalized spacial score (nSPS) is 12.0. The molecule has 0 saturated heterocycles. The number of nitrogens with zero attached hydrogens (tertiary/aromatic N) is 3. The minimum absolute atomic E-state index is 0.570. The van der Waals surface area contributed by atoms with Gasteiger partial charge >= 0.3 is 0 Å². The number of fused-ring (bicyclic) bond motifs is 7. The van der Waals surface area contributed by atoms with Crippen molar-refractivity contribution in [2.24, 2.45) is 0 Å². The van der Waals surface area contributed by atoms with Crippen LogP contribution in [0.25, 0.3) is 117 Å². The van der Waals surface area contributed by atoms with E-state index in [1.165, 1.54) is 21.9 Å². The number of rotatable bonds is 6. The molecule has 284 valence electrons. The predicted octanol–water partition coefficient (Wildman–Crippen LogP) is 15.0. The van der Waals surface area contributed by atoms with Crippen LogP contribution in [0.3, 0.4) is 0 Å². The first kappa shape index (κ1) is 34.8. The highest BCUT2D eigenvalue weighted by Gasteiger charge is 2.27. The maximum absolute atomic E-state index is 6.38. The predicted molar refractivity (Wildman–Crippen MR) is 251 cm³/mol. The topological polar surface area (TPSA) is 51.8 Å². The van der Waals surface area contributed by atoms with Crippen molar-refractivity contribution in [2.45, 2.75) is 0 Å². The lowest BCUT2D eigenvalue weighted by Gasteiger charge is -2.16. The van der Waals surface area contributed by atoms with Gasteiger partial charge in [0.15, 0.2) is 17.5 Å². The Hall–Kier alpha value is -8.21. The minimum atomic E-state index is 0.570. The van der Waals surface area contributed by atoms with Crippen LogP contribution in [0.5, 0.6) is 0 Å². The molecule has 0 fully saturated rings. The summed E-state index contributed by atoms with van der Waals surface area (Å²) in [6.07, 6.45) is 0. The van der Waals surface area contributed by atoms with E-state index in [1.807, 2.05) is 42.5 Å². The maximum Gasteiger partial charge on any atom is 0.164 e. The molecule has 0 bridgehead atoms. The summed E-state index contributed by atoms with van der Waals surface area (Å²) in [6.45, 7) is 4.70. The minimum Gasteiger partial charge on any atom is -0.456 e. The van der Waals surface area contributed by atoms with Gasteiger partial charge in [0.05, 0.1) is 0 Å². The fraction of sp³-hybridized carbons (Fsp3) is 0. The van der Waals surface area contributed by atoms with E-state index in [2.05, 4.69) is 158 Å². The monoisotopic (exact) mass is 777 g/mol. The van der Waals surface area contributed by atoms with Crippen molar-refractivity contribution >= 4 is 38.3 Å². The van der Waals surface area contributed by atoms with Crippen LogP contribution in [0.1, 0.15) is 11.1 Å². The Bertz CT molecular complexity index is 3490. The van der Waals surface area contributed by atoms with Gasteiger partial charge in [0.2, 0.25) is 0 Å². The van der Waals surface area contributed by atoms with E-state index in [-0.39, 0.29) is 0 Å². The zero-order valence-corrected chi connectivity index (χ0v) is 33.0. The second kappa shape index (κ2) is 14.0. The molecule has 0 atom stereocenters. The number of para-hydroxylation sites is 1. The molecule has 2 heterocycles. The number of aromatic nitrogens is 3. The molecular weight excluding hydrogens is 743 g/mol. The largest absolute Gasteiger partial charge is 0.456 e. The molecule has 9 aromatic carbocycles. The van der Waals surface area contributed by atoms with Gasteiger partial charge in [0, 0.05) is 27.5 Å². The molecule has 12 rings (SSSR count). The van der Waals surface area contributed by atoms with Crippen molar-refractivity contribution in [3.63, 3.8) is 0 Å². The number of furan rings is 1. The van der Waals surface area contributed by atoms with Gasteiger partial charge in [-0.15, -0.1) is 0 Å². The number of benzene rings is 9. The molecule has 0 N–H and O–H groups in total. The Kier molecular flexibility index (Phi) is 7.97. The second-order valence-electron chi connectivity index (χ2n) is 15.6. The van der Waals surface area contributed by atoms with Crippen molar-refractivity contribution in [2.75, 3.05) is 0 Å². The van der Waals surface area contributed by atoms with Crippen LogP contribution in [0, 0.1) is 0 Å². The Morgan fingerprint density at radius 2 is 0.820 bits per heavy atom. The molecule has 4 heteroatoms. The SMILES string of the molecule is C=C1c2cc3ccccc3cc2-c2cccc(-c3ccccc3-c3nc(-c4cc(-c5ccccc5)cc(-c5ccccc5)c4)nc(-c4cccc5oc6ccccc6c45)n3)c21. The first-order chi connectivity index (χ1) is 30.1. The number of hydrogen-bond acceptors (Lipinski definition) is 4. The van der Waals surface area contributed by atoms with E-state index in [1.54, 1.807) is 0 Å². The summed E-state index contributed by atoms with van der Waals surface area (Å²) in [7, 11) is 0. The average Bonchev–Trinajstić information content (AvgIpc) is 3.85. The molecular formula is C57H35N3O. The molecule has 0 saturated carbocycles. The van der Waals surface area contributed by atoms with Gasteiger partial charge in [-0.05, 0) is 114 Å². The lowest BCUT2D eigenvalue weighted by atomic mass is 9.91. The Balaban J connectivity index is 1.10. The summed E-state index contributed by atoms with van der Waals surface area (Å²) >= 11 is 0. The summed E-state index contributed by atoms with van der Waals surface area (Å²) < 4.78 is 6.38. The van der Waals surface area contributed by atoms with Gasteiger partial charge in [-0.25, -0.2) is 15.0 Å². The first-order valence-electron chi connectivity index (χ1n) is 20.5. The van der Waals surface area contributed by atoms with Gasteiger partial charge in [-0.1, -0.05) is 164 Å². The van der Waals surface area contributed by atoms with Crippen LogP contribution < -0.4 is 0 Å². The quantitative estimate of drug-likeness (QED) is 0.169. The van der Waals surface area contributed by atoms with Crippen molar-refractivity contribution in [1.29, 1.82) is 0 Å². The van der Waals surface area contributed by atoms with Crippen LogP contribution >= 0.6 is 0 Å². The van der Waals surface area contributed by atoms with E-state index >= 15 is 0 Å².